The highest BCUT2D eigenvalue weighted by Gasteiger charge is 2.29. The highest BCUT2D eigenvalue weighted by Crippen LogP contribution is 2.33. The Morgan fingerprint density at radius 2 is 1.93 bits per heavy atom. The van der Waals surface area contributed by atoms with E-state index in [1.165, 1.54) is 5.56 Å². The minimum absolute atomic E-state index is 0.0817. The first-order chi connectivity index (χ1) is 7.18. The Labute approximate surface area is 110 Å². The zero-order chi connectivity index (χ0) is 11.3. The largest absolute Gasteiger partial charge is 0.126 e. The summed E-state index contributed by atoms with van der Waals surface area (Å²) in [5, 5.41) is 0. The molecule has 1 rings (SSSR count). The quantitative estimate of drug-likeness (QED) is 0.674. The summed E-state index contributed by atoms with van der Waals surface area (Å²) in [6, 6.07) is 8.26. The van der Waals surface area contributed by atoms with Gasteiger partial charge in [0.2, 0.25) is 0 Å². The molecule has 0 heterocycles. The van der Waals surface area contributed by atoms with E-state index >= 15 is 0 Å². The summed E-state index contributed by atoms with van der Waals surface area (Å²) in [6.45, 7) is 2.16. The molecule has 0 radical (unpaired) electrons. The minimum atomic E-state index is -0.0817. The second-order valence-corrected chi connectivity index (χ2v) is 5.26. The van der Waals surface area contributed by atoms with Crippen LogP contribution < -0.4 is 0 Å². The molecule has 0 amide bonds. The first-order valence-corrected chi connectivity index (χ1v) is 6.92. The molecule has 0 fully saturated rings. The molecule has 0 aliphatic carbocycles. The molecule has 0 spiro atoms. The highest BCUT2D eigenvalue weighted by atomic mass is 79.9. The average molecular weight is 310 g/mol. The summed E-state index contributed by atoms with van der Waals surface area (Å²) in [5.41, 5.74) is 1.14. The van der Waals surface area contributed by atoms with Gasteiger partial charge in [0.05, 0.1) is 0 Å². The fourth-order valence-corrected chi connectivity index (χ4v) is 3.03. The molecule has 0 saturated heterocycles. The van der Waals surface area contributed by atoms with Crippen molar-refractivity contribution in [2.45, 2.75) is 25.2 Å². The number of benzene rings is 1. The van der Waals surface area contributed by atoms with Crippen LogP contribution in [0.3, 0.4) is 0 Å². The molecule has 1 aromatic carbocycles. The van der Waals surface area contributed by atoms with E-state index in [1.54, 1.807) is 0 Å². The Morgan fingerprint density at radius 1 is 1.27 bits per heavy atom. The number of hydrogen-bond donors (Lipinski definition) is 0. The molecule has 3 heteroatoms. The van der Waals surface area contributed by atoms with Gasteiger partial charge in [-0.15, -0.1) is 23.2 Å². The molecule has 0 unspecified atom stereocenters. The van der Waals surface area contributed by atoms with Crippen LogP contribution in [-0.2, 0) is 5.41 Å². The van der Waals surface area contributed by atoms with Crippen molar-refractivity contribution >= 4 is 39.1 Å². The van der Waals surface area contributed by atoms with Gasteiger partial charge in [0.25, 0.3) is 0 Å². The molecule has 0 saturated carbocycles. The van der Waals surface area contributed by atoms with Crippen LogP contribution in [0.25, 0.3) is 0 Å². The SMILES string of the molecule is CCCC(CCl)(CCl)c1cccc(Br)c1. The van der Waals surface area contributed by atoms with E-state index in [1.807, 2.05) is 12.1 Å². The molecule has 1 aromatic rings. The van der Waals surface area contributed by atoms with Crippen molar-refractivity contribution in [2.24, 2.45) is 0 Å². The van der Waals surface area contributed by atoms with Crippen LogP contribution in [-0.4, -0.2) is 11.8 Å². The lowest BCUT2D eigenvalue weighted by Gasteiger charge is -2.30. The van der Waals surface area contributed by atoms with Crippen molar-refractivity contribution in [3.05, 3.63) is 34.3 Å². The monoisotopic (exact) mass is 308 g/mol. The number of alkyl halides is 2. The van der Waals surface area contributed by atoms with Crippen molar-refractivity contribution in [2.75, 3.05) is 11.8 Å². The maximum atomic E-state index is 6.09. The number of halogens is 3. The van der Waals surface area contributed by atoms with Gasteiger partial charge in [-0.25, -0.2) is 0 Å². The summed E-state index contributed by atoms with van der Waals surface area (Å²) < 4.78 is 1.08. The maximum absolute atomic E-state index is 6.09. The third kappa shape index (κ3) is 3.12. The van der Waals surface area contributed by atoms with E-state index in [-0.39, 0.29) is 5.41 Å². The van der Waals surface area contributed by atoms with E-state index in [2.05, 4.69) is 35.0 Å². The van der Waals surface area contributed by atoms with Crippen LogP contribution in [0.15, 0.2) is 28.7 Å². The van der Waals surface area contributed by atoms with Crippen LogP contribution in [0.5, 0.6) is 0 Å². The van der Waals surface area contributed by atoms with E-state index in [9.17, 15) is 0 Å². The van der Waals surface area contributed by atoms with Crippen LogP contribution in [0, 0.1) is 0 Å². The lowest BCUT2D eigenvalue weighted by molar-refractivity contribution is 0.485. The lowest BCUT2D eigenvalue weighted by Crippen LogP contribution is -2.30. The van der Waals surface area contributed by atoms with Crippen molar-refractivity contribution in [3.8, 4) is 0 Å². The van der Waals surface area contributed by atoms with Gasteiger partial charge in [-0.05, 0) is 24.1 Å². The fourth-order valence-electron chi connectivity index (χ4n) is 1.76. The molecule has 0 aromatic heterocycles. The van der Waals surface area contributed by atoms with Gasteiger partial charge in [0, 0.05) is 21.6 Å². The van der Waals surface area contributed by atoms with Crippen molar-refractivity contribution in [1.82, 2.24) is 0 Å². The van der Waals surface area contributed by atoms with Crippen LogP contribution in [0.4, 0.5) is 0 Å². The maximum Gasteiger partial charge on any atom is 0.0332 e. The van der Waals surface area contributed by atoms with Gasteiger partial charge >= 0.3 is 0 Å². The third-order valence-corrected chi connectivity index (χ3v) is 4.19. The molecule has 0 bridgehead atoms. The predicted molar refractivity (Wildman–Crippen MR) is 72.2 cm³/mol. The summed E-state index contributed by atoms with van der Waals surface area (Å²) in [7, 11) is 0. The number of hydrogen-bond acceptors (Lipinski definition) is 0. The standard InChI is InChI=1S/C12H15BrCl2/c1-2-6-12(8-14,9-15)10-4-3-5-11(13)7-10/h3-5,7H,2,6,8-9H2,1H3. The van der Waals surface area contributed by atoms with E-state index in [4.69, 9.17) is 23.2 Å². The summed E-state index contributed by atoms with van der Waals surface area (Å²) >= 11 is 15.7. The molecular weight excluding hydrogens is 295 g/mol. The average Bonchev–Trinajstić information content (AvgIpc) is 2.26. The van der Waals surface area contributed by atoms with E-state index in [0.717, 1.165) is 17.3 Å². The third-order valence-electron chi connectivity index (χ3n) is 2.68. The zero-order valence-corrected chi connectivity index (χ0v) is 11.9. The van der Waals surface area contributed by atoms with Gasteiger partial charge in [-0.3, -0.25) is 0 Å². The topological polar surface area (TPSA) is 0 Å². The summed E-state index contributed by atoms with van der Waals surface area (Å²) in [4.78, 5) is 0. The second kappa shape index (κ2) is 6.12. The van der Waals surface area contributed by atoms with E-state index < -0.39 is 0 Å². The summed E-state index contributed by atoms with van der Waals surface area (Å²) in [5.74, 6) is 1.14. The molecule has 84 valence electrons. The fraction of sp³-hybridized carbons (Fsp3) is 0.500. The molecule has 0 N–H and O–H groups in total. The molecule has 0 atom stereocenters. The molecular formula is C12H15BrCl2. The molecule has 15 heavy (non-hydrogen) atoms. The molecule has 0 aliphatic rings. The number of rotatable bonds is 5. The normalized spacial score (nSPS) is 11.7. The Hall–Kier alpha value is 0.280. The molecule has 0 nitrogen and oxygen atoms in total. The van der Waals surface area contributed by atoms with Crippen molar-refractivity contribution < 1.29 is 0 Å². The Balaban J connectivity index is 3.07. The van der Waals surface area contributed by atoms with Gasteiger partial charge in [0.15, 0.2) is 0 Å². The Kier molecular flexibility index (Phi) is 5.45. The minimum Gasteiger partial charge on any atom is -0.126 e. The Morgan fingerprint density at radius 3 is 2.40 bits per heavy atom. The lowest BCUT2D eigenvalue weighted by atomic mass is 9.80. The van der Waals surface area contributed by atoms with Crippen LogP contribution in [0.2, 0.25) is 0 Å². The first-order valence-electron chi connectivity index (χ1n) is 5.06. The smallest absolute Gasteiger partial charge is 0.0332 e. The molecule has 0 aliphatic heterocycles. The van der Waals surface area contributed by atoms with Gasteiger partial charge in [0.1, 0.15) is 0 Å². The van der Waals surface area contributed by atoms with Gasteiger partial charge in [-0.2, -0.15) is 0 Å². The first kappa shape index (κ1) is 13.3. The van der Waals surface area contributed by atoms with Crippen LogP contribution in [0.1, 0.15) is 25.3 Å². The van der Waals surface area contributed by atoms with Crippen molar-refractivity contribution in [3.63, 3.8) is 0 Å². The highest BCUT2D eigenvalue weighted by molar-refractivity contribution is 9.10. The van der Waals surface area contributed by atoms with Gasteiger partial charge in [-0.1, -0.05) is 41.4 Å². The predicted octanol–water partition coefficient (Wildman–Crippen LogP) is 4.96. The second-order valence-electron chi connectivity index (χ2n) is 3.81. The van der Waals surface area contributed by atoms with Crippen LogP contribution >= 0.6 is 39.1 Å². The summed E-state index contributed by atoms with van der Waals surface area (Å²) in [6.07, 6.45) is 2.11. The van der Waals surface area contributed by atoms with Gasteiger partial charge < -0.3 is 0 Å². The zero-order valence-electron chi connectivity index (χ0n) is 8.77. The van der Waals surface area contributed by atoms with E-state index in [0.29, 0.717) is 11.8 Å². The Bertz CT molecular complexity index is 308. The van der Waals surface area contributed by atoms with Crippen molar-refractivity contribution in [1.29, 1.82) is 0 Å².